The van der Waals surface area contributed by atoms with Gasteiger partial charge in [-0.25, -0.2) is 9.59 Å². The van der Waals surface area contributed by atoms with Gasteiger partial charge in [-0.1, -0.05) is 12.1 Å². The highest BCUT2D eigenvalue weighted by molar-refractivity contribution is 9.10. The van der Waals surface area contributed by atoms with Crippen molar-refractivity contribution >= 4 is 33.9 Å². The van der Waals surface area contributed by atoms with Crippen molar-refractivity contribution in [2.24, 2.45) is 0 Å². The molecule has 0 N–H and O–H groups in total. The summed E-state index contributed by atoms with van der Waals surface area (Å²) in [5.74, 6) is -0.437. The van der Waals surface area contributed by atoms with Crippen LogP contribution in [0.1, 0.15) is 26.3 Å². The Morgan fingerprint density at radius 2 is 1.83 bits per heavy atom. The Bertz CT molecular complexity index is 661. The summed E-state index contributed by atoms with van der Waals surface area (Å²) in [4.78, 5) is 23.8. The Morgan fingerprint density at radius 3 is 2.38 bits per heavy atom. The first-order valence-electron chi connectivity index (χ1n) is 7.50. The van der Waals surface area contributed by atoms with E-state index >= 15 is 0 Å². The molecule has 1 aromatic carbocycles. The summed E-state index contributed by atoms with van der Waals surface area (Å²) in [6.07, 6.45) is 2.94. The van der Waals surface area contributed by atoms with Crippen molar-refractivity contribution in [3.63, 3.8) is 0 Å². The molecule has 0 atom stereocenters. The molecule has 0 bridgehead atoms. The summed E-state index contributed by atoms with van der Waals surface area (Å²) in [6.45, 7) is 5.60. The fourth-order valence-corrected chi connectivity index (χ4v) is 2.50. The Kier molecular flexibility index (Phi) is 8.26. The average molecular weight is 397 g/mol. The molecule has 1 aromatic rings. The second-order valence-electron chi connectivity index (χ2n) is 4.75. The van der Waals surface area contributed by atoms with Crippen LogP contribution in [-0.2, 0) is 19.1 Å². The fourth-order valence-electron chi connectivity index (χ4n) is 1.94. The van der Waals surface area contributed by atoms with E-state index in [2.05, 4.69) is 15.9 Å². The molecule has 130 valence electrons. The Balaban J connectivity index is 3.18. The third-order valence-electron chi connectivity index (χ3n) is 3.03. The lowest BCUT2D eigenvalue weighted by Crippen LogP contribution is -2.12. The predicted octanol–water partition coefficient (Wildman–Crippen LogP) is 3.91. The SMILES string of the molecule is CCOC(=O)/C=C(C(=O)OCC)\C(C)=C\c1ccc(OC)c(Br)c1. The van der Waals surface area contributed by atoms with E-state index in [-0.39, 0.29) is 18.8 Å². The first-order valence-corrected chi connectivity index (χ1v) is 8.30. The number of hydrogen-bond acceptors (Lipinski definition) is 5. The summed E-state index contributed by atoms with van der Waals surface area (Å²) in [5.41, 5.74) is 1.61. The van der Waals surface area contributed by atoms with Gasteiger partial charge in [0.05, 0.1) is 30.4 Å². The number of carbonyl (C=O) groups is 2. The molecule has 0 aliphatic rings. The second-order valence-corrected chi connectivity index (χ2v) is 5.61. The number of benzene rings is 1. The topological polar surface area (TPSA) is 61.8 Å². The molecule has 0 heterocycles. The zero-order chi connectivity index (χ0) is 18.1. The van der Waals surface area contributed by atoms with Gasteiger partial charge in [-0.15, -0.1) is 0 Å². The third-order valence-corrected chi connectivity index (χ3v) is 3.65. The van der Waals surface area contributed by atoms with Crippen LogP contribution in [0.15, 0.2) is 39.9 Å². The molecule has 1 rings (SSSR count). The second kappa shape index (κ2) is 9.93. The van der Waals surface area contributed by atoms with E-state index in [1.807, 2.05) is 18.2 Å². The lowest BCUT2D eigenvalue weighted by molar-refractivity contribution is -0.140. The van der Waals surface area contributed by atoms with Gasteiger partial charge in [-0.2, -0.15) is 0 Å². The minimum absolute atomic E-state index is 0.169. The molecule has 24 heavy (non-hydrogen) atoms. The first-order chi connectivity index (χ1) is 11.4. The number of methoxy groups -OCH3 is 1. The zero-order valence-electron chi connectivity index (χ0n) is 14.2. The minimum Gasteiger partial charge on any atom is -0.496 e. The summed E-state index contributed by atoms with van der Waals surface area (Å²) in [6, 6.07) is 5.51. The van der Waals surface area contributed by atoms with Crippen LogP contribution in [0.2, 0.25) is 0 Å². The molecule has 0 saturated carbocycles. The van der Waals surface area contributed by atoms with Gasteiger partial charge in [0, 0.05) is 6.08 Å². The molecule has 0 radical (unpaired) electrons. The van der Waals surface area contributed by atoms with Crippen molar-refractivity contribution in [3.05, 3.63) is 45.5 Å². The summed E-state index contributed by atoms with van der Waals surface area (Å²) in [5, 5.41) is 0. The van der Waals surface area contributed by atoms with E-state index in [0.29, 0.717) is 11.3 Å². The van der Waals surface area contributed by atoms with E-state index in [1.54, 1.807) is 34.0 Å². The molecule has 0 unspecified atom stereocenters. The highest BCUT2D eigenvalue weighted by atomic mass is 79.9. The molecule has 0 saturated heterocycles. The minimum atomic E-state index is -0.579. The van der Waals surface area contributed by atoms with Gasteiger partial charge in [0.1, 0.15) is 5.75 Å². The summed E-state index contributed by atoms with van der Waals surface area (Å²) < 4.78 is 15.9. The number of rotatable bonds is 7. The van der Waals surface area contributed by atoms with Crippen LogP contribution in [0.5, 0.6) is 5.75 Å². The van der Waals surface area contributed by atoms with Gasteiger partial charge in [0.15, 0.2) is 0 Å². The van der Waals surface area contributed by atoms with Crippen LogP contribution in [0.3, 0.4) is 0 Å². The van der Waals surface area contributed by atoms with E-state index in [4.69, 9.17) is 14.2 Å². The largest absolute Gasteiger partial charge is 0.496 e. The van der Waals surface area contributed by atoms with Crippen molar-refractivity contribution in [3.8, 4) is 5.75 Å². The van der Waals surface area contributed by atoms with Crippen LogP contribution in [0, 0.1) is 0 Å². The zero-order valence-corrected chi connectivity index (χ0v) is 15.8. The molecule has 0 amide bonds. The van der Waals surface area contributed by atoms with Crippen LogP contribution in [0.4, 0.5) is 0 Å². The van der Waals surface area contributed by atoms with Gasteiger partial charge >= 0.3 is 11.9 Å². The lowest BCUT2D eigenvalue weighted by Gasteiger charge is -2.09. The first kappa shape index (κ1) is 20.0. The Labute approximate surface area is 150 Å². The molecule has 0 spiro atoms. The highest BCUT2D eigenvalue weighted by Crippen LogP contribution is 2.27. The molecular formula is C18H21BrO5. The average Bonchev–Trinajstić information content (AvgIpc) is 2.53. The van der Waals surface area contributed by atoms with Gasteiger partial charge in [0.25, 0.3) is 0 Å². The van der Waals surface area contributed by atoms with Crippen molar-refractivity contribution in [2.45, 2.75) is 20.8 Å². The van der Waals surface area contributed by atoms with Gasteiger partial charge < -0.3 is 14.2 Å². The maximum Gasteiger partial charge on any atom is 0.338 e. The predicted molar refractivity (Wildman–Crippen MR) is 95.7 cm³/mol. The van der Waals surface area contributed by atoms with E-state index < -0.39 is 11.9 Å². The van der Waals surface area contributed by atoms with Crippen molar-refractivity contribution in [1.29, 1.82) is 0 Å². The van der Waals surface area contributed by atoms with Crippen LogP contribution >= 0.6 is 15.9 Å². The van der Waals surface area contributed by atoms with Gasteiger partial charge in [-0.05, 0) is 60.0 Å². The highest BCUT2D eigenvalue weighted by Gasteiger charge is 2.15. The van der Waals surface area contributed by atoms with Crippen LogP contribution < -0.4 is 4.74 Å². The molecule has 0 aliphatic carbocycles. The quantitative estimate of drug-likeness (QED) is 0.397. The van der Waals surface area contributed by atoms with Crippen molar-refractivity contribution < 1.29 is 23.8 Å². The van der Waals surface area contributed by atoms with E-state index in [9.17, 15) is 9.59 Å². The molecule has 5 nitrogen and oxygen atoms in total. The molecular weight excluding hydrogens is 376 g/mol. The maximum atomic E-state index is 12.1. The lowest BCUT2D eigenvalue weighted by atomic mass is 10.0. The summed E-state index contributed by atoms with van der Waals surface area (Å²) >= 11 is 3.41. The maximum absolute atomic E-state index is 12.1. The fraction of sp³-hybridized carbons (Fsp3) is 0.333. The number of ether oxygens (including phenoxy) is 3. The smallest absolute Gasteiger partial charge is 0.338 e. The number of esters is 2. The standard InChI is InChI=1S/C18H21BrO5/c1-5-23-17(20)11-14(18(21)24-6-2)12(3)9-13-7-8-16(22-4)15(19)10-13/h7-11H,5-6H2,1-4H3/b12-9+,14-11+. The van der Waals surface area contributed by atoms with Crippen LogP contribution in [-0.4, -0.2) is 32.3 Å². The molecule has 6 heteroatoms. The normalized spacial score (nSPS) is 11.9. The molecule has 0 fully saturated rings. The van der Waals surface area contributed by atoms with E-state index in [0.717, 1.165) is 16.1 Å². The third kappa shape index (κ3) is 5.85. The van der Waals surface area contributed by atoms with Crippen LogP contribution in [0.25, 0.3) is 6.08 Å². The summed E-state index contributed by atoms with van der Waals surface area (Å²) in [7, 11) is 1.59. The number of halogens is 1. The Hall–Kier alpha value is -2.08. The van der Waals surface area contributed by atoms with Crippen molar-refractivity contribution in [1.82, 2.24) is 0 Å². The van der Waals surface area contributed by atoms with Crippen molar-refractivity contribution in [2.75, 3.05) is 20.3 Å². The monoisotopic (exact) mass is 396 g/mol. The van der Waals surface area contributed by atoms with Gasteiger partial charge in [-0.3, -0.25) is 0 Å². The van der Waals surface area contributed by atoms with Gasteiger partial charge in [0.2, 0.25) is 0 Å². The Morgan fingerprint density at radius 1 is 1.17 bits per heavy atom. The molecule has 0 aromatic heterocycles. The molecule has 0 aliphatic heterocycles. The number of carbonyl (C=O) groups excluding carboxylic acids is 2. The van der Waals surface area contributed by atoms with E-state index in [1.165, 1.54) is 0 Å². The number of hydrogen-bond donors (Lipinski definition) is 0.